The Kier molecular flexibility index (Phi) is 3.87. The number of hydrogen-bond donors (Lipinski definition) is 0. The van der Waals surface area contributed by atoms with Gasteiger partial charge in [0, 0.05) is 5.02 Å². The number of ether oxygens (including phenoxy) is 1. The van der Waals surface area contributed by atoms with Crippen LogP contribution in [-0.4, -0.2) is 6.61 Å². The van der Waals surface area contributed by atoms with Gasteiger partial charge in [0.15, 0.2) is 0 Å². The summed E-state index contributed by atoms with van der Waals surface area (Å²) in [5.74, 6) is 6.76. The van der Waals surface area contributed by atoms with E-state index in [-0.39, 0.29) is 0 Å². The SMILES string of the molecule is Clc1ccc(OCC#Cc2cccs2)cc1. The highest BCUT2D eigenvalue weighted by Gasteiger charge is 1.91. The fraction of sp³-hybridized carbons (Fsp3) is 0.0769. The van der Waals surface area contributed by atoms with E-state index in [0.29, 0.717) is 11.6 Å². The molecule has 0 aliphatic carbocycles. The Hall–Kier alpha value is -1.43. The fourth-order valence-electron chi connectivity index (χ4n) is 1.12. The summed E-state index contributed by atoms with van der Waals surface area (Å²) in [6.45, 7) is 0.388. The van der Waals surface area contributed by atoms with Gasteiger partial charge in [-0.05, 0) is 35.7 Å². The van der Waals surface area contributed by atoms with E-state index in [1.165, 1.54) is 0 Å². The quantitative estimate of drug-likeness (QED) is 0.734. The van der Waals surface area contributed by atoms with Gasteiger partial charge in [0.05, 0.1) is 4.88 Å². The van der Waals surface area contributed by atoms with E-state index in [2.05, 4.69) is 11.8 Å². The predicted octanol–water partition coefficient (Wildman–Crippen LogP) is 3.83. The molecule has 1 aromatic heterocycles. The van der Waals surface area contributed by atoms with Gasteiger partial charge in [-0.3, -0.25) is 0 Å². The van der Waals surface area contributed by atoms with Gasteiger partial charge < -0.3 is 4.74 Å². The Bertz CT molecular complexity index is 491. The third-order valence-corrected chi connectivity index (χ3v) is 2.89. The fourth-order valence-corrected chi connectivity index (χ4v) is 1.84. The normalized spacial score (nSPS) is 9.31. The zero-order chi connectivity index (χ0) is 11.2. The lowest BCUT2D eigenvalue weighted by Gasteiger charge is -2.00. The van der Waals surface area contributed by atoms with E-state index in [1.54, 1.807) is 23.5 Å². The van der Waals surface area contributed by atoms with E-state index in [0.717, 1.165) is 10.6 Å². The van der Waals surface area contributed by atoms with Crippen molar-refractivity contribution in [2.75, 3.05) is 6.61 Å². The second-order valence-corrected chi connectivity index (χ2v) is 4.41. The number of thiophene rings is 1. The molecule has 0 amide bonds. The molecule has 1 nitrogen and oxygen atoms in total. The number of hydrogen-bond acceptors (Lipinski definition) is 2. The predicted molar refractivity (Wildman–Crippen MR) is 68.1 cm³/mol. The molecule has 0 spiro atoms. The third-order valence-electron chi connectivity index (χ3n) is 1.86. The maximum atomic E-state index is 5.76. The molecule has 0 N–H and O–H groups in total. The molecule has 0 fully saturated rings. The lowest BCUT2D eigenvalue weighted by Crippen LogP contribution is -1.93. The lowest BCUT2D eigenvalue weighted by atomic mass is 10.3. The number of rotatable bonds is 2. The third kappa shape index (κ3) is 3.30. The highest BCUT2D eigenvalue weighted by Crippen LogP contribution is 2.15. The van der Waals surface area contributed by atoms with Gasteiger partial charge >= 0.3 is 0 Å². The van der Waals surface area contributed by atoms with Gasteiger partial charge in [-0.1, -0.05) is 29.5 Å². The van der Waals surface area contributed by atoms with Crippen molar-refractivity contribution in [2.45, 2.75) is 0 Å². The largest absolute Gasteiger partial charge is 0.481 e. The highest BCUT2D eigenvalue weighted by molar-refractivity contribution is 7.10. The van der Waals surface area contributed by atoms with E-state index in [1.807, 2.05) is 29.6 Å². The van der Waals surface area contributed by atoms with Crippen molar-refractivity contribution in [1.82, 2.24) is 0 Å². The van der Waals surface area contributed by atoms with Crippen LogP contribution in [0.3, 0.4) is 0 Å². The zero-order valence-electron chi connectivity index (χ0n) is 8.44. The molecule has 80 valence electrons. The Morgan fingerprint density at radius 3 is 2.69 bits per heavy atom. The summed E-state index contributed by atoms with van der Waals surface area (Å²) in [6.07, 6.45) is 0. The van der Waals surface area contributed by atoms with Gasteiger partial charge in [0.2, 0.25) is 0 Å². The molecule has 16 heavy (non-hydrogen) atoms. The molecule has 0 unspecified atom stereocenters. The summed E-state index contributed by atoms with van der Waals surface area (Å²) in [5, 5.41) is 2.71. The average Bonchev–Trinajstić information content (AvgIpc) is 2.80. The summed E-state index contributed by atoms with van der Waals surface area (Å²) < 4.78 is 5.43. The first-order valence-electron chi connectivity index (χ1n) is 4.75. The van der Waals surface area contributed by atoms with Crippen molar-refractivity contribution in [3.8, 4) is 17.6 Å². The molecule has 0 aliphatic rings. The van der Waals surface area contributed by atoms with Crippen LogP contribution in [0, 0.1) is 11.8 Å². The van der Waals surface area contributed by atoms with Crippen LogP contribution in [0.1, 0.15) is 4.88 Å². The minimum absolute atomic E-state index is 0.388. The number of benzene rings is 1. The van der Waals surface area contributed by atoms with Crippen LogP contribution in [0.15, 0.2) is 41.8 Å². The molecule has 1 aromatic carbocycles. The van der Waals surface area contributed by atoms with E-state index in [9.17, 15) is 0 Å². The Morgan fingerprint density at radius 2 is 2.00 bits per heavy atom. The van der Waals surface area contributed by atoms with Crippen LogP contribution in [0.25, 0.3) is 0 Å². The van der Waals surface area contributed by atoms with Crippen molar-refractivity contribution >= 4 is 22.9 Å². The average molecular weight is 249 g/mol. The van der Waals surface area contributed by atoms with Crippen molar-refractivity contribution in [1.29, 1.82) is 0 Å². The summed E-state index contributed by atoms with van der Waals surface area (Å²) in [7, 11) is 0. The van der Waals surface area contributed by atoms with Gasteiger partial charge in [0.25, 0.3) is 0 Å². The van der Waals surface area contributed by atoms with Crippen LogP contribution in [0.4, 0.5) is 0 Å². The molecule has 0 radical (unpaired) electrons. The minimum Gasteiger partial charge on any atom is -0.481 e. The first-order chi connectivity index (χ1) is 7.84. The van der Waals surface area contributed by atoms with E-state index < -0.39 is 0 Å². The zero-order valence-corrected chi connectivity index (χ0v) is 10.0. The molecular weight excluding hydrogens is 240 g/mol. The van der Waals surface area contributed by atoms with E-state index >= 15 is 0 Å². The van der Waals surface area contributed by atoms with Gasteiger partial charge in [-0.15, -0.1) is 11.3 Å². The molecule has 2 aromatic rings. The van der Waals surface area contributed by atoms with Crippen LogP contribution in [0.5, 0.6) is 5.75 Å². The maximum Gasteiger partial charge on any atom is 0.149 e. The molecule has 0 saturated heterocycles. The second kappa shape index (κ2) is 5.60. The topological polar surface area (TPSA) is 9.23 Å². The Morgan fingerprint density at radius 1 is 1.19 bits per heavy atom. The Balaban J connectivity index is 1.86. The molecule has 3 heteroatoms. The molecule has 1 heterocycles. The van der Waals surface area contributed by atoms with Crippen molar-refractivity contribution < 1.29 is 4.74 Å². The molecule has 0 aliphatic heterocycles. The van der Waals surface area contributed by atoms with Crippen molar-refractivity contribution in [3.05, 3.63) is 51.7 Å². The first kappa shape index (κ1) is 11.1. The molecule has 0 saturated carbocycles. The van der Waals surface area contributed by atoms with Crippen molar-refractivity contribution in [3.63, 3.8) is 0 Å². The molecule has 0 atom stereocenters. The molecule has 0 bridgehead atoms. The van der Waals surface area contributed by atoms with Crippen LogP contribution in [0.2, 0.25) is 5.02 Å². The monoisotopic (exact) mass is 248 g/mol. The molecular formula is C13H9ClOS. The first-order valence-corrected chi connectivity index (χ1v) is 6.01. The van der Waals surface area contributed by atoms with Gasteiger partial charge in [0.1, 0.15) is 12.4 Å². The van der Waals surface area contributed by atoms with Crippen LogP contribution >= 0.6 is 22.9 Å². The van der Waals surface area contributed by atoms with Crippen LogP contribution < -0.4 is 4.74 Å². The van der Waals surface area contributed by atoms with Gasteiger partial charge in [-0.25, -0.2) is 0 Å². The van der Waals surface area contributed by atoms with E-state index in [4.69, 9.17) is 16.3 Å². The molecule has 2 rings (SSSR count). The Labute approximate surface area is 104 Å². The van der Waals surface area contributed by atoms with Crippen LogP contribution in [-0.2, 0) is 0 Å². The second-order valence-electron chi connectivity index (χ2n) is 3.02. The number of halogens is 1. The smallest absolute Gasteiger partial charge is 0.149 e. The van der Waals surface area contributed by atoms with Crippen molar-refractivity contribution in [2.24, 2.45) is 0 Å². The minimum atomic E-state index is 0.388. The summed E-state index contributed by atoms with van der Waals surface area (Å²) in [5.41, 5.74) is 0. The highest BCUT2D eigenvalue weighted by atomic mass is 35.5. The lowest BCUT2D eigenvalue weighted by molar-refractivity contribution is 0.370. The summed E-state index contributed by atoms with van der Waals surface area (Å²) in [4.78, 5) is 1.06. The standard InChI is InChI=1S/C13H9ClOS/c14-11-5-7-12(8-6-11)15-9-1-3-13-4-2-10-16-13/h2,4-8,10H,9H2. The summed E-state index contributed by atoms with van der Waals surface area (Å²) >= 11 is 7.38. The van der Waals surface area contributed by atoms with Gasteiger partial charge in [-0.2, -0.15) is 0 Å². The maximum absolute atomic E-state index is 5.76. The summed E-state index contributed by atoms with van der Waals surface area (Å²) in [6, 6.07) is 11.2.